The monoisotopic (exact) mass is 294 g/mol. The number of benzene rings is 1. The number of aromatic amines is 1. The van der Waals surface area contributed by atoms with E-state index in [4.69, 9.17) is 16.3 Å². The number of hydrogen-bond donors (Lipinski definition) is 2. The molecule has 0 atom stereocenters. The molecule has 6 heteroatoms. The highest BCUT2D eigenvalue weighted by Gasteiger charge is 2.12. The van der Waals surface area contributed by atoms with Crippen LogP contribution in [-0.4, -0.2) is 28.3 Å². The molecule has 1 aromatic heterocycles. The molecule has 0 fully saturated rings. The van der Waals surface area contributed by atoms with Gasteiger partial charge in [0, 0.05) is 18.1 Å². The molecule has 0 aliphatic heterocycles. The minimum Gasteiger partial charge on any atom is -0.493 e. The Morgan fingerprint density at radius 1 is 1.35 bits per heavy atom. The average molecular weight is 295 g/mol. The lowest BCUT2D eigenvalue weighted by atomic mass is 10.1. The van der Waals surface area contributed by atoms with Crippen molar-refractivity contribution in [2.45, 2.75) is 13.3 Å². The maximum Gasteiger partial charge on any atom is 0.262 e. The summed E-state index contributed by atoms with van der Waals surface area (Å²) in [6, 6.07) is 6.62. The van der Waals surface area contributed by atoms with Gasteiger partial charge in [0.05, 0.1) is 6.61 Å². The summed E-state index contributed by atoms with van der Waals surface area (Å²) >= 11 is 5.80. The molecule has 1 aromatic carbocycles. The van der Waals surface area contributed by atoms with Gasteiger partial charge in [0.2, 0.25) is 5.88 Å². The second-order valence-corrected chi connectivity index (χ2v) is 4.60. The van der Waals surface area contributed by atoms with Crippen LogP contribution in [0.3, 0.4) is 0 Å². The van der Waals surface area contributed by atoms with Crippen molar-refractivity contribution in [2.24, 2.45) is 0 Å². The number of halogens is 1. The molecule has 0 saturated carbocycles. The van der Waals surface area contributed by atoms with E-state index >= 15 is 0 Å². The van der Waals surface area contributed by atoms with Crippen molar-refractivity contribution >= 4 is 11.6 Å². The number of hydrogen-bond acceptors (Lipinski definition) is 4. The van der Waals surface area contributed by atoms with Gasteiger partial charge in [-0.2, -0.15) is 4.98 Å². The summed E-state index contributed by atoms with van der Waals surface area (Å²) in [5, 5.41) is 10.5. The van der Waals surface area contributed by atoms with Crippen molar-refractivity contribution < 1.29 is 9.84 Å². The molecule has 0 unspecified atom stereocenters. The molecule has 0 spiro atoms. The van der Waals surface area contributed by atoms with E-state index in [2.05, 4.69) is 9.97 Å². The van der Waals surface area contributed by atoms with Crippen molar-refractivity contribution in [1.29, 1.82) is 0 Å². The Kier molecular flexibility index (Phi) is 4.76. The lowest BCUT2D eigenvalue weighted by molar-refractivity contribution is 0.149. The molecular formula is C14H15ClN2O3. The highest BCUT2D eigenvalue weighted by Crippen LogP contribution is 2.24. The van der Waals surface area contributed by atoms with Gasteiger partial charge in [0.1, 0.15) is 11.4 Å². The van der Waals surface area contributed by atoms with Crippen LogP contribution in [0.2, 0.25) is 5.02 Å². The van der Waals surface area contributed by atoms with Crippen molar-refractivity contribution in [1.82, 2.24) is 9.97 Å². The van der Waals surface area contributed by atoms with Gasteiger partial charge >= 0.3 is 0 Å². The predicted octanol–water partition coefficient (Wildman–Crippen LogP) is 2.37. The Morgan fingerprint density at radius 2 is 2.05 bits per heavy atom. The van der Waals surface area contributed by atoms with Crippen molar-refractivity contribution in [3.05, 3.63) is 45.5 Å². The second-order valence-electron chi connectivity index (χ2n) is 4.17. The summed E-state index contributed by atoms with van der Waals surface area (Å²) in [5.74, 6) is 0.112. The van der Waals surface area contributed by atoms with Gasteiger partial charge < -0.3 is 14.8 Å². The van der Waals surface area contributed by atoms with Crippen molar-refractivity contribution in [2.75, 3.05) is 13.2 Å². The quantitative estimate of drug-likeness (QED) is 0.830. The molecular weight excluding hydrogens is 280 g/mol. The third-order valence-electron chi connectivity index (χ3n) is 2.77. The van der Waals surface area contributed by atoms with E-state index < -0.39 is 0 Å². The molecule has 20 heavy (non-hydrogen) atoms. The molecule has 0 aliphatic rings. The molecule has 1 heterocycles. The van der Waals surface area contributed by atoms with Crippen LogP contribution < -0.4 is 5.56 Å². The van der Waals surface area contributed by atoms with Crippen LogP contribution in [0.15, 0.2) is 29.1 Å². The second kappa shape index (κ2) is 6.54. The number of aromatic nitrogens is 2. The summed E-state index contributed by atoms with van der Waals surface area (Å²) in [7, 11) is 0. The van der Waals surface area contributed by atoms with Crippen LogP contribution in [0.25, 0.3) is 11.1 Å². The van der Waals surface area contributed by atoms with E-state index in [0.29, 0.717) is 36.0 Å². The molecule has 2 rings (SSSR count). The fraction of sp³-hybridized carbons (Fsp3) is 0.286. The third kappa shape index (κ3) is 3.37. The van der Waals surface area contributed by atoms with Crippen LogP contribution >= 0.6 is 11.6 Å². The molecule has 2 aromatic rings. The maximum absolute atomic E-state index is 12.0. The van der Waals surface area contributed by atoms with Gasteiger partial charge in [-0.25, -0.2) is 0 Å². The molecule has 0 aliphatic carbocycles. The molecule has 106 valence electrons. The Labute approximate surface area is 121 Å². The number of nitrogens with one attached hydrogen (secondary N) is 1. The van der Waals surface area contributed by atoms with Crippen LogP contribution in [0.5, 0.6) is 5.88 Å². The van der Waals surface area contributed by atoms with E-state index in [1.54, 1.807) is 24.3 Å². The highest BCUT2D eigenvalue weighted by atomic mass is 35.5. The SMILES string of the molecule is CCOCCc1nc(O)c(-c2ccc(Cl)cc2)c(=O)[nH]1. The molecule has 0 radical (unpaired) electrons. The lowest BCUT2D eigenvalue weighted by Gasteiger charge is -2.06. The van der Waals surface area contributed by atoms with Gasteiger partial charge in [-0.3, -0.25) is 4.79 Å². The summed E-state index contributed by atoms with van der Waals surface area (Å²) in [4.78, 5) is 18.7. The Balaban J connectivity index is 2.31. The topological polar surface area (TPSA) is 75.2 Å². The Morgan fingerprint density at radius 3 is 2.65 bits per heavy atom. The normalized spacial score (nSPS) is 10.7. The van der Waals surface area contributed by atoms with E-state index in [0.717, 1.165) is 0 Å². The molecule has 0 amide bonds. The van der Waals surface area contributed by atoms with Crippen LogP contribution in [0, 0.1) is 0 Å². The van der Waals surface area contributed by atoms with Crippen LogP contribution in [0.1, 0.15) is 12.7 Å². The number of rotatable bonds is 5. The summed E-state index contributed by atoms with van der Waals surface area (Å²) in [6.07, 6.45) is 0.442. The van der Waals surface area contributed by atoms with Gasteiger partial charge in [-0.1, -0.05) is 23.7 Å². The van der Waals surface area contributed by atoms with Crippen molar-refractivity contribution in [3.8, 4) is 17.0 Å². The minimum atomic E-state index is -0.383. The number of nitrogens with zero attached hydrogens (tertiary/aromatic N) is 1. The first-order valence-corrected chi connectivity index (χ1v) is 6.65. The highest BCUT2D eigenvalue weighted by molar-refractivity contribution is 6.30. The molecule has 2 N–H and O–H groups in total. The zero-order valence-electron chi connectivity index (χ0n) is 11.0. The summed E-state index contributed by atoms with van der Waals surface area (Å²) in [5.41, 5.74) is 0.324. The number of aromatic hydroxyl groups is 1. The number of H-pyrrole nitrogens is 1. The fourth-order valence-electron chi connectivity index (χ4n) is 1.82. The zero-order valence-corrected chi connectivity index (χ0v) is 11.8. The summed E-state index contributed by atoms with van der Waals surface area (Å²) < 4.78 is 5.19. The van der Waals surface area contributed by atoms with Crippen LogP contribution in [-0.2, 0) is 11.2 Å². The van der Waals surface area contributed by atoms with Gasteiger partial charge in [-0.15, -0.1) is 0 Å². The minimum absolute atomic E-state index is 0.141. The Bertz CT molecular complexity index is 638. The zero-order chi connectivity index (χ0) is 14.5. The number of ether oxygens (including phenoxy) is 1. The first-order chi connectivity index (χ1) is 9.61. The first kappa shape index (κ1) is 14.6. The van der Waals surface area contributed by atoms with Crippen LogP contribution in [0.4, 0.5) is 0 Å². The van der Waals surface area contributed by atoms with Gasteiger partial charge in [-0.05, 0) is 24.6 Å². The van der Waals surface area contributed by atoms with E-state index in [9.17, 15) is 9.90 Å². The van der Waals surface area contributed by atoms with E-state index in [1.165, 1.54) is 0 Å². The largest absolute Gasteiger partial charge is 0.493 e. The average Bonchev–Trinajstić information content (AvgIpc) is 2.40. The van der Waals surface area contributed by atoms with Gasteiger partial charge in [0.25, 0.3) is 5.56 Å². The van der Waals surface area contributed by atoms with Crippen molar-refractivity contribution in [3.63, 3.8) is 0 Å². The maximum atomic E-state index is 12.0. The molecule has 0 bridgehead atoms. The van der Waals surface area contributed by atoms with Gasteiger partial charge in [0.15, 0.2) is 0 Å². The van der Waals surface area contributed by atoms with E-state index in [1.807, 2.05) is 6.92 Å². The van der Waals surface area contributed by atoms with E-state index in [-0.39, 0.29) is 17.0 Å². The Hall–Kier alpha value is -1.85. The standard InChI is InChI=1S/C14H15ClN2O3/c1-2-20-8-7-11-16-13(18)12(14(19)17-11)9-3-5-10(15)6-4-9/h3-6H,2,7-8H2,1H3,(H2,16,17,18,19). The predicted molar refractivity (Wildman–Crippen MR) is 77.2 cm³/mol. The lowest BCUT2D eigenvalue weighted by Crippen LogP contribution is -2.15. The summed E-state index contributed by atoms with van der Waals surface area (Å²) in [6.45, 7) is 2.93. The molecule has 5 nitrogen and oxygen atoms in total. The fourth-order valence-corrected chi connectivity index (χ4v) is 1.94. The smallest absolute Gasteiger partial charge is 0.262 e. The first-order valence-electron chi connectivity index (χ1n) is 6.27. The molecule has 0 saturated heterocycles. The third-order valence-corrected chi connectivity index (χ3v) is 3.02.